The Morgan fingerprint density at radius 2 is 2.47 bits per heavy atom. The molecule has 0 bridgehead atoms. The van der Waals surface area contributed by atoms with Gasteiger partial charge in [-0.05, 0) is 12.1 Å². The molecule has 8 heteroatoms. The van der Waals surface area contributed by atoms with E-state index in [0.29, 0.717) is 10.9 Å². The van der Waals surface area contributed by atoms with Crippen LogP contribution in [0.5, 0.6) is 0 Å². The zero-order valence-corrected chi connectivity index (χ0v) is 12.2. The first kappa shape index (κ1) is 14.4. The van der Waals surface area contributed by atoms with Gasteiger partial charge in [-0.3, -0.25) is 10.1 Å². The minimum atomic E-state index is -0.119. The van der Waals surface area contributed by atoms with Crippen LogP contribution >= 0.6 is 35.5 Å². The van der Waals surface area contributed by atoms with Crippen LogP contribution in [0.25, 0.3) is 11.5 Å². The SMILES string of the molecule is Cl.O=C(Nc1nc(-c2ccco2)cs1)C1CSCN1. The van der Waals surface area contributed by atoms with Gasteiger partial charge in [0, 0.05) is 17.0 Å². The second kappa shape index (κ2) is 6.42. The summed E-state index contributed by atoms with van der Waals surface area (Å²) in [6.07, 6.45) is 1.60. The number of amides is 1. The number of thioether (sulfide) groups is 1. The summed E-state index contributed by atoms with van der Waals surface area (Å²) in [6, 6.07) is 3.54. The molecule has 2 aromatic rings. The summed E-state index contributed by atoms with van der Waals surface area (Å²) in [6.45, 7) is 0. The van der Waals surface area contributed by atoms with Gasteiger partial charge in [-0.15, -0.1) is 35.5 Å². The van der Waals surface area contributed by atoms with Crippen molar-refractivity contribution in [3.63, 3.8) is 0 Å². The predicted octanol–water partition coefficient (Wildman–Crippen LogP) is 2.43. The highest BCUT2D eigenvalue weighted by Crippen LogP contribution is 2.25. The first-order valence-electron chi connectivity index (χ1n) is 5.44. The summed E-state index contributed by atoms with van der Waals surface area (Å²) in [7, 11) is 0. The number of aromatic nitrogens is 1. The van der Waals surface area contributed by atoms with Crippen molar-refractivity contribution >= 4 is 46.5 Å². The number of anilines is 1. The number of nitrogens with zero attached hydrogens (tertiary/aromatic N) is 1. The molecular formula is C11H12ClN3O2S2. The van der Waals surface area contributed by atoms with E-state index in [9.17, 15) is 4.79 Å². The molecule has 1 fully saturated rings. The quantitative estimate of drug-likeness (QED) is 0.910. The van der Waals surface area contributed by atoms with Gasteiger partial charge in [-0.1, -0.05) is 0 Å². The van der Waals surface area contributed by atoms with Gasteiger partial charge >= 0.3 is 0 Å². The van der Waals surface area contributed by atoms with Crippen molar-refractivity contribution in [3.05, 3.63) is 23.8 Å². The molecule has 0 saturated carbocycles. The lowest BCUT2D eigenvalue weighted by atomic mass is 10.3. The highest BCUT2D eigenvalue weighted by molar-refractivity contribution is 7.99. The normalized spacial score (nSPS) is 18.0. The molecular weight excluding hydrogens is 306 g/mol. The van der Waals surface area contributed by atoms with Crippen LogP contribution in [0.3, 0.4) is 0 Å². The number of thiazole rings is 1. The Bertz CT molecular complexity index is 538. The Morgan fingerprint density at radius 3 is 3.16 bits per heavy atom. The van der Waals surface area contributed by atoms with E-state index in [4.69, 9.17) is 4.42 Å². The van der Waals surface area contributed by atoms with Crippen molar-refractivity contribution in [2.45, 2.75) is 6.04 Å². The Hall–Kier alpha value is -1.02. The first-order valence-corrected chi connectivity index (χ1v) is 7.48. The number of carbonyl (C=O) groups excluding carboxylic acids is 1. The second-order valence-corrected chi connectivity index (χ2v) is 5.66. The zero-order valence-electron chi connectivity index (χ0n) is 9.79. The van der Waals surface area contributed by atoms with E-state index in [0.717, 1.165) is 17.3 Å². The fourth-order valence-corrected chi connectivity index (χ4v) is 3.27. The molecule has 0 radical (unpaired) electrons. The van der Waals surface area contributed by atoms with Gasteiger partial charge < -0.3 is 9.73 Å². The maximum absolute atomic E-state index is 11.9. The number of hydrogen-bond donors (Lipinski definition) is 2. The molecule has 1 unspecified atom stereocenters. The molecule has 3 heterocycles. The fourth-order valence-electron chi connectivity index (χ4n) is 1.62. The predicted molar refractivity (Wildman–Crippen MR) is 79.9 cm³/mol. The average Bonchev–Trinajstić information content (AvgIpc) is 3.12. The number of halogens is 1. The maximum Gasteiger partial charge on any atom is 0.244 e. The Labute approximate surface area is 124 Å². The van der Waals surface area contributed by atoms with Gasteiger partial charge in [0.25, 0.3) is 0 Å². The highest BCUT2D eigenvalue weighted by atomic mass is 35.5. The highest BCUT2D eigenvalue weighted by Gasteiger charge is 2.23. The van der Waals surface area contributed by atoms with Gasteiger partial charge in [-0.25, -0.2) is 4.98 Å². The molecule has 0 spiro atoms. The van der Waals surface area contributed by atoms with E-state index in [1.807, 2.05) is 17.5 Å². The van der Waals surface area contributed by atoms with Crippen LogP contribution in [0.15, 0.2) is 28.2 Å². The van der Waals surface area contributed by atoms with Crippen molar-refractivity contribution in [1.82, 2.24) is 10.3 Å². The van der Waals surface area contributed by atoms with E-state index in [-0.39, 0.29) is 24.4 Å². The molecule has 102 valence electrons. The number of furan rings is 1. The standard InChI is InChI=1S/C11H11N3O2S2.ClH/c15-10(8-4-17-6-12-8)14-11-13-7(5-18-11)9-2-1-3-16-9;/h1-3,5,8,12H,4,6H2,(H,13,14,15);1H. The summed E-state index contributed by atoms with van der Waals surface area (Å²) >= 11 is 3.12. The van der Waals surface area contributed by atoms with Crippen LogP contribution < -0.4 is 10.6 Å². The second-order valence-electron chi connectivity index (χ2n) is 3.78. The smallest absolute Gasteiger partial charge is 0.244 e. The topological polar surface area (TPSA) is 67.2 Å². The molecule has 0 aromatic carbocycles. The molecule has 1 atom stereocenters. The third kappa shape index (κ3) is 3.30. The van der Waals surface area contributed by atoms with Crippen molar-refractivity contribution in [2.24, 2.45) is 0 Å². The summed E-state index contributed by atoms with van der Waals surface area (Å²) in [5, 5.41) is 8.41. The number of nitrogens with one attached hydrogen (secondary N) is 2. The first-order chi connectivity index (χ1) is 8.83. The monoisotopic (exact) mass is 317 g/mol. The fraction of sp³-hybridized carbons (Fsp3) is 0.273. The van der Waals surface area contributed by atoms with Crippen LogP contribution in [-0.2, 0) is 4.79 Å². The van der Waals surface area contributed by atoms with Crippen molar-refractivity contribution < 1.29 is 9.21 Å². The minimum Gasteiger partial charge on any atom is -0.463 e. The summed E-state index contributed by atoms with van der Waals surface area (Å²) in [5.74, 6) is 2.32. The van der Waals surface area contributed by atoms with Crippen LogP contribution in [0.1, 0.15) is 0 Å². The molecule has 19 heavy (non-hydrogen) atoms. The molecule has 5 nitrogen and oxygen atoms in total. The van der Waals surface area contributed by atoms with E-state index in [1.165, 1.54) is 11.3 Å². The summed E-state index contributed by atoms with van der Waals surface area (Å²) < 4.78 is 5.25. The lowest BCUT2D eigenvalue weighted by Gasteiger charge is -2.07. The van der Waals surface area contributed by atoms with Crippen LogP contribution in [0.4, 0.5) is 5.13 Å². The number of carbonyl (C=O) groups is 1. The maximum atomic E-state index is 11.9. The average molecular weight is 318 g/mol. The summed E-state index contributed by atoms with van der Waals surface area (Å²) in [5.41, 5.74) is 0.744. The molecule has 1 saturated heterocycles. The molecule has 2 aromatic heterocycles. The molecule has 1 aliphatic rings. The minimum absolute atomic E-state index is 0. The largest absolute Gasteiger partial charge is 0.463 e. The van der Waals surface area contributed by atoms with Gasteiger partial charge in [0.15, 0.2) is 10.9 Å². The molecule has 1 aliphatic heterocycles. The van der Waals surface area contributed by atoms with Crippen molar-refractivity contribution in [3.8, 4) is 11.5 Å². The van der Waals surface area contributed by atoms with Crippen molar-refractivity contribution in [2.75, 3.05) is 16.9 Å². The third-order valence-electron chi connectivity index (χ3n) is 2.54. The van der Waals surface area contributed by atoms with Crippen LogP contribution in [0, 0.1) is 0 Å². The van der Waals surface area contributed by atoms with E-state index >= 15 is 0 Å². The Kier molecular flexibility index (Phi) is 4.87. The van der Waals surface area contributed by atoms with E-state index in [2.05, 4.69) is 15.6 Å². The van der Waals surface area contributed by atoms with Gasteiger partial charge in [0.05, 0.1) is 12.3 Å². The molecule has 3 rings (SSSR count). The van der Waals surface area contributed by atoms with E-state index < -0.39 is 0 Å². The van der Waals surface area contributed by atoms with E-state index in [1.54, 1.807) is 18.0 Å². The lowest BCUT2D eigenvalue weighted by Crippen LogP contribution is -2.37. The Balaban J connectivity index is 0.00000133. The van der Waals surface area contributed by atoms with Crippen LogP contribution in [-0.4, -0.2) is 28.6 Å². The zero-order chi connectivity index (χ0) is 12.4. The molecule has 0 aliphatic carbocycles. The number of rotatable bonds is 3. The Morgan fingerprint density at radius 1 is 1.58 bits per heavy atom. The molecule has 1 amide bonds. The number of hydrogen-bond acceptors (Lipinski definition) is 6. The van der Waals surface area contributed by atoms with Gasteiger partial charge in [0.2, 0.25) is 5.91 Å². The third-order valence-corrected chi connectivity index (χ3v) is 4.24. The summed E-state index contributed by atoms with van der Waals surface area (Å²) in [4.78, 5) is 16.2. The van der Waals surface area contributed by atoms with Gasteiger partial charge in [0.1, 0.15) is 5.69 Å². The lowest BCUT2D eigenvalue weighted by molar-refractivity contribution is -0.117. The van der Waals surface area contributed by atoms with Crippen molar-refractivity contribution in [1.29, 1.82) is 0 Å². The van der Waals surface area contributed by atoms with Crippen LogP contribution in [0.2, 0.25) is 0 Å². The molecule has 2 N–H and O–H groups in total. The van der Waals surface area contributed by atoms with Gasteiger partial charge in [-0.2, -0.15) is 0 Å².